The van der Waals surface area contributed by atoms with Crippen LogP contribution in [0.15, 0.2) is 48.9 Å². The van der Waals surface area contributed by atoms with Gasteiger partial charge < -0.3 is 10.6 Å². The number of benzene rings is 1. The van der Waals surface area contributed by atoms with Crippen molar-refractivity contribution in [2.24, 2.45) is 0 Å². The van der Waals surface area contributed by atoms with Gasteiger partial charge in [-0.05, 0) is 55.8 Å². The molecule has 2 saturated heterocycles. The zero-order valence-corrected chi connectivity index (χ0v) is 21.2. The summed E-state index contributed by atoms with van der Waals surface area (Å²) in [7, 11) is 0. The molecule has 188 valence electrons. The summed E-state index contributed by atoms with van der Waals surface area (Å²) in [5.74, 6) is 1.44. The van der Waals surface area contributed by atoms with E-state index in [0.717, 1.165) is 55.4 Å². The molecule has 3 aromatic heterocycles. The molecule has 1 atom stereocenters. The van der Waals surface area contributed by atoms with Gasteiger partial charge in [-0.15, -0.1) is 0 Å². The van der Waals surface area contributed by atoms with E-state index in [-0.39, 0.29) is 5.54 Å². The Hall–Kier alpha value is -3.46. The molecule has 0 amide bonds. The van der Waals surface area contributed by atoms with Crippen molar-refractivity contribution in [1.82, 2.24) is 34.3 Å². The third-order valence-electron chi connectivity index (χ3n) is 7.96. The van der Waals surface area contributed by atoms with Crippen LogP contribution in [0.2, 0.25) is 0 Å². The minimum Gasteiger partial charge on any atom is -0.368 e. The molecule has 2 fully saturated rings. The van der Waals surface area contributed by atoms with Gasteiger partial charge in [0.1, 0.15) is 0 Å². The lowest BCUT2D eigenvalue weighted by atomic mass is 9.79. The van der Waals surface area contributed by atoms with Gasteiger partial charge in [0.15, 0.2) is 5.65 Å². The first-order chi connectivity index (χ1) is 17.5. The van der Waals surface area contributed by atoms with Gasteiger partial charge in [0.2, 0.25) is 11.9 Å². The molecule has 4 aromatic rings. The van der Waals surface area contributed by atoms with E-state index in [0.29, 0.717) is 11.9 Å². The second kappa shape index (κ2) is 9.20. The number of hydrogen-bond donors (Lipinski definition) is 1. The van der Waals surface area contributed by atoms with E-state index in [2.05, 4.69) is 58.1 Å². The number of aromatic nitrogens is 6. The number of piperidine rings is 2. The van der Waals surface area contributed by atoms with Crippen LogP contribution in [0.3, 0.4) is 0 Å². The van der Waals surface area contributed by atoms with Gasteiger partial charge in [-0.1, -0.05) is 38.5 Å². The summed E-state index contributed by atoms with van der Waals surface area (Å²) in [4.78, 5) is 14.7. The highest BCUT2D eigenvalue weighted by molar-refractivity contribution is 5.55. The zero-order chi connectivity index (χ0) is 24.7. The molecule has 1 spiro atoms. The number of likely N-dealkylation sites (tertiary alicyclic amines) is 1. The maximum atomic E-state index is 6.34. The minimum atomic E-state index is 0.0963. The molecule has 2 aliphatic rings. The maximum Gasteiger partial charge on any atom is 0.230 e. The fourth-order valence-electron chi connectivity index (χ4n) is 6.08. The van der Waals surface area contributed by atoms with Crippen molar-refractivity contribution in [3.63, 3.8) is 0 Å². The third-order valence-corrected chi connectivity index (χ3v) is 7.96. The Morgan fingerprint density at radius 1 is 1.00 bits per heavy atom. The molecule has 2 N–H and O–H groups in total. The maximum absolute atomic E-state index is 6.34. The smallest absolute Gasteiger partial charge is 0.230 e. The summed E-state index contributed by atoms with van der Waals surface area (Å²) < 4.78 is 3.64. The highest BCUT2D eigenvalue weighted by Crippen LogP contribution is 2.39. The summed E-state index contributed by atoms with van der Waals surface area (Å²) in [5, 5.41) is 8.93. The van der Waals surface area contributed by atoms with Gasteiger partial charge in [-0.25, -0.2) is 4.68 Å². The minimum absolute atomic E-state index is 0.0963. The highest BCUT2D eigenvalue weighted by Gasteiger charge is 2.43. The Kier molecular flexibility index (Phi) is 5.87. The molecule has 1 unspecified atom stereocenters. The summed E-state index contributed by atoms with van der Waals surface area (Å²) in [5.41, 5.74) is 10.8. The number of nitrogen functional groups attached to an aromatic ring is 1. The van der Waals surface area contributed by atoms with Gasteiger partial charge in [0, 0.05) is 43.1 Å². The number of anilines is 2. The van der Waals surface area contributed by atoms with Crippen molar-refractivity contribution in [3.05, 3.63) is 60.0 Å². The quantitative estimate of drug-likeness (QED) is 0.456. The van der Waals surface area contributed by atoms with Crippen molar-refractivity contribution < 1.29 is 0 Å². The van der Waals surface area contributed by atoms with Gasteiger partial charge in [-0.2, -0.15) is 24.7 Å². The average molecular weight is 486 g/mol. The Labute approximate surface area is 211 Å². The van der Waals surface area contributed by atoms with Crippen molar-refractivity contribution in [2.75, 3.05) is 30.3 Å². The van der Waals surface area contributed by atoms with Gasteiger partial charge in [-0.3, -0.25) is 4.90 Å². The summed E-state index contributed by atoms with van der Waals surface area (Å²) in [6.07, 6.45) is 11.7. The second-order valence-electron chi connectivity index (χ2n) is 10.6. The van der Waals surface area contributed by atoms with Crippen LogP contribution >= 0.6 is 0 Å². The largest absolute Gasteiger partial charge is 0.368 e. The standard InChI is InChI=1S/C27H35N9/c1-20(2)22-17-30-36-24(22)31-26(32-25(36)28)33-14-7-12-27(19-33)11-5-6-15-34(27)18-21-9-3-4-10-23(21)35-16-8-13-29-35/h3-4,8-10,13,16-17,20H,5-7,11-12,14-15,18-19H2,1-2H3,(H2,28,31,32). The summed E-state index contributed by atoms with van der Waals surface area (Å²) in [6, 6.07) is 10.6. The lowest BCUT2D eigenvalue weighted by Gasteiger charge is -2.52. The molecule has 0 saturated carbocycles. The van der Waals surface area contributed by atoms with Crippen LogP contribution in [0.25, 0.3) is 11.3 Å². The predicted octanol–water partition coefficient (Wildman–Crippen LogP) is 4.04. The highest BCUT2D eigenvalue weighted by atomic mass is 15.4. The Morgan fingerprint density at radius 2 is 1.86 bits per heavy atom. The van der Waals surface area contributed by atoms with E-state index in [1.165, 1.54) is 31.2 Å². The van der Waals surface area contributed by atoms with E-state index in [1.807, 2.05) is 29.3 Å². The van der Waals surface area contributed by atoms with Crippen molar-refractivity contribution in [3.8, 4) is 5.69 Å². The molecule has 9 heteroatoms. The summed E-state index contributed by atoms with van der Waals surface area (Å²) >= 11 is 0. The number of rotatable bonds is 5. The molecule has 0 aliphatic carbocycles. The molecule has 9 nitrogen and oxygen atoms in total. The summed E-state index contributed by atoms with van der Waals surface area (Å²) in [6.45, 7) is 8.19. The number of fused-ring (bicyclic) bond motifs is 1. The van der Waals surface area contributed by atoms with Crippen molar-refractivity contribution in [2.45, 2.75) is 64.0 Å². The van der Waals surface area contributed by atoms with Crippen LogP contribution in [-0.4, -0.2) is 59.4 Å². The van der Waals surface area contributed by atoms with E-state index in [4.69, 9.17) is 15.7 Å². The fourth-order valence-corrected chi connectivity index (χ4v) is 6.08. The number of hydrogen-bond acceptors (Lipinski definition) is 7. The van der Waals surface area contributed by atoms with E-state index in [9.17, 15) is 0 Å². The number of para-hydroxylation sites is 1. The Balaban J connectivity index is 1.31. The van der Waals surface area contributed by atoms with Gasteiger partial charge in [0.25, 0.3) is 0 Å². The molecule has 0 bridgehead atoms. The van der Waals surface area contributed by atoms with Crippen LogP contribution in [0.1, 0.15) is 63.0 Å². The molecule has 36 heavy (non-hydrogen) atoms. The van der Waals surface area contributed by atoms with Gasteiger partial charge >= 0.3 is 0 Å². The lowest BCUT2D eigenvalue weighted by molar-refractivity contribution is 0.0260. The predicted molar refractivity (Wildman–Crippen MR) is 141 cm³/mol. The Morgan fingerprint density at radius 3 is 2.69 bits per heavy atom. The lowest BCUT2D eigenvalue weighted by Crippen LogP contribution is -2.60. The molecule has 1 aromatic carbocycles. The zero-order valence-electron chi connectivity index (χ0n) is 21.2. The molecular weight excluding hydrogens is 450 g/mol. The van der Waals surface area contributed by atoms with E-state index >= 15 is 0 Å². The number of nitrogens with two attached hydrogens (primary N) is 1. The molecular formula is C27H35N9. The van der Waals surface area contributed by atoms with Crippen LogP contribution in [0.4, 0.5) is 11.9 Å². The van der Waals surface area contributed by atoms with Gasteiger partial charge in [0.05, 0.1) is 11.9 Å². The van der Waals surface area contributed by atoms with E-state index in [1.54, 1.807) is 4.52 Å². The van der Waals surface area contributed by atoms with Crippen molar-refractivity contribution in [1.29, 1.82) is 0 Å². The molecule has 6 rings (SSSR count). The van der Waals surface area contributed by atoms with Crippen LogP contribution in [-0.2, 0) is 6.54 Å². The third kappa shape index (κ3) is 4.01. The van der Waals surface area contributed by atoms with Crippen LogP contribution in [0.5, 0.6) is 0 Å². The van der Waals surface area contributed by atoms with Crippen LogP contribution in [0, 0.1) is 0 Å². The molecule has 0 radical (unpaired) electrons. The number of nitrogens with zero attached hydrogens (tertiary/aromatic N) is 8. The first kappa shape index (κ1) is 23.0. The second-order valence-corrected chi connectivity index (χ2v) is 10.6. The molecule has 2 aliphatic heterocycles. The average Bonchev–Trinajstić information content (AvgIpc) is 3.57. The fraction of sp³-hybridized carbons (Fsp3) is 0.481. The first-order valence-electron chi connectivity index (χ1n) is 13.1. The molecule has 5 heterocycles. The topological polar surface area (TPSA) is 93.4 Å². The SMILES string of the molecule is CC(C)c1cnn2c(N)nc(N3CCCC4(CCCCN4Cc4ccccc4-n4cccn4)C3)nc12. The first-order valence-corrected chi connectivity index (χ1v) is 13.1. The normalized spacial score (nSPS) is 21.1. The van der Waals surface area contributed by atoms with Crippen LogP contribution < -0.4 is 10.6 Å². The monoisotopic (exact) mass is 485 g/mol. The van der Waals surface area contributed by atoms with E-state index < -0.39 is 0 Å². The van der Waals surface area contributed by atoms with Crippen molar-refractivity contribution >= 4 is 17.5 Å². The Bertz CT molecular complexity index is 1340.